The number of hydrogen-bond acceptors (Lipinski definition) is 3. The summed E-state index contributed by atoms with van der Waals surface area (Å²) in [4.78, 5) is 17.8. The van der Waals surface area contributed by atoms with Crippen molar-refractivity contribution in [2.45, 2.75) is 89.5 Å². The molecule has 0 spiro atoms. The fourth-order valence-corrected chi connectivity index (χ4v) is 6.86. The number of carbonyl (C=O) groups is 1. The molecule has 2 aliphatic carbocycles. The van der Waals surface area contributed by atoms with Gasteiger partial charge >= 0.3 is 5.97 Å². The maximum Gasteiger partial charge on any atom is 0.320 e. The van der Waals surface area contributed by atoms with Crippen LogP contribution in [0.3, 0.4) is 0 Å². The van der Waals surface area contributed by atoms with Gasteiger partial charge in [0.1, 0.15) is 5.92 Å². The highest BCUT2D eigenvalue weighted by Crippen LogP contribution is 2.47. The molecular formula is C28H38N2O2. The van der Waals surface area contributed by atoms with Crippen molar-refractivity contribution in [1.82, 2.24) is 4.57 Å². The van der Waals surface area contributed by atoms with Gasteiger partial charge in [-0.05, 0) is 62.5 Å². The van der Waals surface area contributed by atoms with Crippen LogP contribution in [0.4, 0.5) is 0 Å². The van der Waals surface area contributed by atoms with E-state index in [1.165, 1.54) is 86.4 Å². The van der Waals surface area contributed by atoms with Crippen LogP contribution in [0.5, 0.6) is 0 Å². The molecule has 5 rings (SSSR count). The normalized spacial score (nSPS) is 22.8. The van der Waals surface area contributed by atoms with Gasteiger partial charge in [0, 0.05) is 35.4 Å². The molecule has 2 saturated carbocycles. The van der Waals surface area contributed by atoms with Crippen LogP contribution >= 0.6 is 0 Å². The van der Waals surface area contributed by atoms with Gasteiger partial charge in [0.2, 0.25) is 0 Å². The van der Waals surface area contributed by atoms with Crippen molar-refractivity contribution in [2.24, 2.45) is 16.8 Å². The molecule has 1 atom stereocenters. The second kappa shape index (κ2) is 9.80. The van der Waals surface area contributed by atoms with Crippen molar-refractivity contribution in [2.75, 3.05) is 13.2 Å². The lowest BCUT2D eigenvalue weighted by Gasteiger charge is -2.40. The Bertz CT molecular complexity index is 945. The quantitative estimate of drug-likeness (QED) is 0.497. The SMILES string of the molecule is CCOC(=O)C1C=NCCc2c1n(C(C1CCCCC1)C1CCCCC1)c1ccccc21. The number of benzene rings is 1. The molecule has 0 radical (unpaired) electrons. The highest BCUT2D eigenvalue weighted by molar-refractivity contribution is 5.99. The van der Waals surface area contributed by atoms with E-state index in [2.05, 4.69) is 33.8 Å². The zero-order valence-corrected chi connectivity index (χ0v) is 19.6. The van der Waals surface area contributed by atoms with E-state index in [1.807, 2.05) is 13.1 Å². The first-order valence-corrected chi connectivity index (χ1v) is 13.1. The number of esters is 1. The number of aliphatic imine (C=N–C) groups is 1. The van der Waals surface area contributed by atoms with Gasteiger partial charge in [-0.3, -0.25) is 9.79 Å². The van der Waals surface area contributed by atoms with Crippen LogP contribution in [-0.4, -0.2) is 29.9 Å². The molecule has 32 heavy (non-hydrogen) atoms. The lowest BCUT2D eigenvalue weighted by Crippen LogP contribution is -2.33. The van der Waals surface area contributed by atoms with Gasteiger partial charge in [-0.1, -0.05) is 56.7 Å². The lowest BCUT2D eigenvalue weighted by molar-refractivity contribution is -0.143. The van der Waals surface area contributed by atoms with Gasteiger partial charge in [0.05, 0.1) is 6.61 Å². The summed E-state index contributed by atoms with van der Waals surface area (Å²) in [6.07, 6.45) is 16.2. The minimum atomic E-state index is -0.394. The molecule has 0 N–H and O–H groups in total. The van der Waals surface area contributed by atoms with E-state index < -0.39 is 5.92 Å². The molecule has 0 bridgehead atoms. The Labute approximate surface area is 192 Å². The van der Waals surface area contributed by atoms with Crippen molar-refractivity contribution < 1.29 is 9.53 Å². The second-order valence-corrected chi connectivity index (χ2v) is 10.1. The van der Waals surface area contributed by atoms with Gasteiger partial charge in [0.15, 0.2) is 0 Å². The Hall–Kier alpha value is -2.10. The summed E-state index contributed by atoms with van der Waals surface area (Å²) in [7, 11) is 0. The van der Waals surface area contributed by atoms with Gasteiger partial charge in [-0.25, -0.2) is 0 Å². The van der Waals surface area contributed by atoms with E-state index in [0.29, 0.717) is 24.5 Å². The number of para-hydroxylation sites is 1. The largest absolute Gasteiger partial charge is 0.465 e. The molecule has 1 aromatic carbocycles. The Morgan fingerprint density at radius 1 is 1.03 bits per heavy atom. The number of ether oxygens (including phenoxy) is 1. The first-order chi connectivity index (χ1) is 15.8. The van der Waals surface area contributed by atoms with Gasteiger partial charge in [-0.2, -0.15) is 0 Å². The maximum atomic E-state index is 13.2. The highest BCUT2D eigenvalue weighted by atomic mass is 16.5. The molecule has 3 aliphatic rings. The molecular weight excluding hydrogens is 396 g/mol. The third kappa shape index (κ3) is 4.02. The van der Waals surface area contributed by atoms with Crippen molar-refractivity contribution in [1.29, 1.82) is 0 Å². The van der Waals surface area contributed by atoms with Crippen LogP contribution in [0.25, 0.3) is 10.9 Å². The predicted octanol–water partition coefficient (Wildman–Crippen LogP) is 6.62. The lowest BCUT2D eigenvalue weighted by atomic mass is 9.73. The number of nitrogens with zero attached hydrogens (tertiary/aromatic N) is 2. The summed E-state index contributed by atoms with van der Waals surface area (Å²) >= 11 is 0. The third-order valence-corrected chi connectivity index (χ3v) is 8.20. The van der Waals surface area contributed by atoms with E-state index in [4.69, 9.17) is 4.74 Å². The summed E-state index contributed by atoms with van der Waals surface area (Å²) in [5.41, 5.74) is 3.84. The van der Waals surface area contributed by atoms with Crippen molar-refractivity contribution in [3.63, 3.8) is 0 Å². The number of hydrogen-bond donors (Lipinski definition) is 0. The third-order valence-electron chi connectivity index (χ3n) is 8.20. The first-order valence-electron chi connectivity index (χ1n) is 13.1. The average Bonchev–Trinajstić information content (AvgIpc) is 2.99. The van der Waals surface area contributed by atoms with Crippen LogP contribution < -0.4 is 0 Å². The van der Waals surface area contributed by atoms with Crippen LogP contribution in [0.15, 0.2) is 29.3 Å². The van der Waals surface area contributed by atoms with Crippen LogP contribution in [-0.2, 0) is 16.0 Å². The smallest absolute Gasteiger partial charge is 0.320 e. The molecule has 1 aliphatic heterocycles. The number of aromatic nitrogens is 1. The molecule has 2 fully saturated rings. The molecule has 4 heteroatoms. The minimum Gasteiger partial charge on any atom is -0.465 e. The average molecular weight is 435 g/mol. The molecule has 1 aromatic heterocycles. The van der Waals surface area contributed by atoms with Crippen LogP contribution in [0, 0.1) is 11.8 Å². The molecule has 1 unspecified atom stereocenters. The Balaban J connectivity index is 1.72. The maximum absolute atomic E-state index is 13.2. The Morgan fingerprint density at radius 3 is 2.34 bits per heavy atom. The Morgan fingerprint density at radius 2 is 1.69 bits per heavy atom. The molecule has 0 amide bonds. The summed E-state index contributed by atoms with van der Waals surface area (Å²) in [5.74, 6) is 0.869. The summed E-state index contributed by atoms with van der Waals surface area (Å²) < 4.78 is 8.22. The van der Waals surface area contributed by atoms with E-state index in [1.54, 1.807) is 0 Å². The van der Waals surface area contributed by atoms with Crippen molar-refractivity contribution in [3.05, 3.63) is 35.5 Å². The van der Waals surface area contributed by atoms with Crippen molar-refractivity contribution >= 4 is 23.1 Å². The summed E-state index contributed by atoms with van der Waals surface area (Å²) in [6, 6.07) is 9.35. The molecule has 2 heterocycles. The van der Waals surface area contributed by atoms with Crippen molar-refractivity contribution in [3.8, 4) is 0 Å². The monoisotopic (exact) mass is 434 g/mol. The topological polar surface area (TPSA) is 43.6 Å². The highest BCUT2D eigenvalue weighted by Gasteiger charge is 2.39. The Kier molecular flexibility index (Phi) is 6.66. The summed E-state index contributed by atoms with van der Waals surface area (Å²) in [6.45, 7) is 3.05. The minimum absolute atomic E-state index is 0.144. The fraction of sp³-hybridized carbons (Fsp3) is 0.643. The molecule has 0 saturated heterocycles. The van der Waals surface area contributed by atoms with E-state index >= 15 is 0 Å². The number of fused-ring (bicyclic) bond motifs is 3. The van der Waals surface area contributed by atoms with Crippen LogP contribution in [0.2, 0.25) is 0 Å². The number of rotatable bonds is 5. The van der Waals surface area contributed by atoms with E-state index in [9.17, 15) is 4.79 Å². The molecule has 2 aromatic rings. The fourth-order valence-electron chi connectivity index (χ4n) is 6.86. The molecule has 4 nitrogen and oxygen atoms in total. The van der Waals surface area contributed by atoms with Crippen LogP contribution in [0.1, 0.15) is 94.3 Å². The van der Waals surface area contributed by atoms with Gasteiger partial charge in [0.25, 0.3) is 0 Å². The van der Waals surface area contributed by atoms with E-state index in [0.717, 1.165) is 13.0 Å². The van der Waals surface area contributed by atoms with Gasteiger partial charge in [-0.15, -0.1) is 0 Å². The zero-order valence-electron chi connectivity index (χ0n) is 19.6. The first kappa shape index (κ1) is 21.7. The summed E-state index contributed by atoms with van der Waals surface area (Å²) in [5, 5.41) is 1.32. The standard InChI is InChI=1S/C28H38N2O2/c1-2-32-28(31)24-19-29-18-17-23-22-15-9-10-16-25(22)30(27(23)24)26(20-11-5-3-6-12-20)21-13-7-4-8-14-21/h9-10,15-16,19-21,24,26H,2-8,11-14,17-18H2,1H3. The zero-order chi connectivity index (χ0) is 21.9. The van der Waals surface area contributed by atoms with Gasteiger partial charge < -0.3 is 9.30 Å². The van der Waals surface area contributed by atoms with E-state index in [-0.39, 0.29) is 5.97 Å². The molecule has 172 valence electrons. The predicted molar refractivity (Wildman–Crippen MR) is 131 cm³/mol. The number of carbonyl (C=O) groups excluding carboxylic acids is 1. The second-order valence-electron chi connectivity index (χ2n) is 10.1.